The highest BCUT2D eigenvalue weighted by Crippen LogP contribution is 2.36. The zero-order chi connectivity index (χ0) is 20.1. The number of carbonyl (C=O) groups is 1. The number of piperazine rings is 1. The molecule has 3 rings (SSSR count). The number of ether oxygens (including phenoxy) is 1. The van der Waals surface area contributed by atoms with Gasteiger partial charge in [0.05, 0.1) is 30.0 Å². The number of rotatable bonds is 6. The Labute approximate surface area is 179 Å². The van der Waals surface area contributed by atoms with Gasteiger partial charge in [0.25, 0.3) is 0 Å². The van der Waals surface area contributed by atoms with E-state index in [4.69, 9.17) is 44.6 Å². The Kier molecular flexibility index (Phi) is 7.43. The summed E-state index contributed by atoms with van der Waals surface area (Å²) in [5.41, 5.74) is 1.90. The third-order valence-corrected chi connectivity index (χ3v) is 5.46. The van der Waals surface area contributed by atoms with Crippen LogP contribution < -0.4 is 4.90 Å². The normalized spacial score (nSPS) is 17.1. The van der Waals surface area contributed by atoms with Crippen molar-refractivity contribution in [3.05, 3.63) is 63.1 Å². The molecule has 28 heavy (non-hydrogen) atoms. The van der Waals surface area contributed by atoms with Crippen molar-refractivity contribution in [1.82, 2.24) is 4.90 Å². The number of hydrogen-bond acceptors (Lipinski definition) is 4. The average Bonchev–Trinajstić information content (AvgIpc) is 2.68. The first-order chi connectivity index (χ1) is 13.5. The first-order valence-corrected chi connectivity index (χ1v) is 10.1. The standard InChI is InChI=1S/C20H21Cl3N2O3/c21-15-3-1-14(2-4-15)19-12-24(20(27)13-28-10-9-26)7-8-25(19)18-6-5-16(22)11-17(18)23/h1-6,11,19,26H,7-10,12-13H2. The molecule has 2 aromatic carbocycles. The Balaban J connectivity index is 1.85. The molecule has 0 bridgehead atoms. The monoisotopic (exact) mass is 442 g/mol. The van der Waals surface area contributed by atoms with Gasteiger partial charge in [0, 0.05) is 29.7 Å². The highest BCUT2D eigenvalue weighted by Gasteiger charge is 2.31. The number of hydrogen-bond donors (Lipinski definition) is 1. The molecule has 1 N–H and O–H groups in total. The average molecular weight is 444 g/mol. The van der Waals surface area contributed by atoms with Gasteiger partial charge in [-0.2, -0.15) is 0 Å². The van der Waals surface area contributed by atoms with Gasteiger partial charge in [-0.1, -0.05) is 46.9 Å². The first-order valence-electron chi connectivity index (χ1n) is 8.93. The van der Waals surface area contributed by atoms with Crippen molar-refractivity contribution in [2.75, 3.05) is 44.4 Å². The molecular formula is C20H21Cl3N2O3. The molecule has 150 valence electrons. The second-order valence-corrected chi connectivity index (χ2v) is 7.75. The van der Waals surface area contributed by atoms with E-state index >= 15 is 0 Å². The van der Waals surface area contributed by atoms with Crippen LogP contribution >= 0.6 is 34.8 Å². The van der Waals surface area contributed by atoms with Gasteiger partial charge in [0.1, 0.15) is 6.61 Å². The van der Waals surface area contributed by atoms with Crippen molar-refractivity contribution in [3.8, 4) is 0 Å². The lowest BCUT2D eigenvalue weighted by Crippen LogP contribution is -2.51. The quantitative estimate of drug-likeness (QED) is 0.685. The molecule has 0 saturated carbocycles. The maximum Gasteiger partial charge on any atom is 0.248 e. The van der Waals surface area contributed by atoms with Crippen LogP contribution in [0.15, 0.2) is 42.5 Å². The molecule has 0 spiro atoms. The van der Waals surface area contributed by atoms with Crippen LogP contribution in [0.5, 0.6) is 0 Å². The van der Waals surface area contributed by atoms with Crippen LogP contribution in [0, 0.1) is 0 Å². The van der Waals surface area contributed by atoms with Gasteiger partial charge in [-0.25, -0.2) is 0 Å². The lowest BCUT2D eigenvalue weighted by Gasteiger charge is -2.43. The molecule has 1 unspecified atom stereocenters. The number of amides is 1. The first kappa shape index (κ1) is 21.2. The van der Waals surface area contributed by atoms with E-state index in [1.165, 1.54) is 0 Å². The lowest BCUT2D eigenvalue weighted by molar-refractivity contribution is -0.137. The number of aliphatic hydroxyl groups excluding tert-OH is 1. The zero-order valence-corrected chi connectivity index (χ0v) is 17.4. The fourth-order valence-corrected chi connectivity index (χ4v) is 3.94. The van der Waals surface area contributed by atoms with Crippen molar-refractivity contribution in [3.63, 3.8) is 0 Å². The molecule has 5 nitrogen and oxygen atoms in total. The van der Waals surface area contributed by atoms with Crippen LogP contribution in [0.25, 0.3) is 0 Å². The predicted molar refractivity (Wildman–Crippen MR) is 112 cm³/mol. The number of aliphatic hydroxyl groups is 1. The molecule has 1 aliphatic heterocycles. The molecule has 1 saturated heterocycles. The molecule has 8 heteroatoms. The van der Waals surface area contributed by atoms with Crippen molar-refractivity contribution in [2.24, 2.45) is 0 Å². The smallest absolute Gasteiger partial charge is 0.248 e. The lowest BCUT2D eigenvalue weighted by atomic mass is 10.0. The molecule has 1 fully saturated rings. The summed E-state index contributed by atoms with van der Waals surface area (Å²) in [7, 11) is 0. The van der Waals surface area contributed by atoms with Gasteiger partial charge in [-0.3, -0.25) is 4.79 Å². The maximum absolute atomic E-state index is 12.5. The molecule has 2 aromatic rings. The van der Waals surface area contributed by atoms with Crippen molar-refractivity contribution in [1.29, 1.82) is 0 Å². The fourth-order valence-electron chi connectivity index (χ4n) is 3.30. The van der Waals surface area contributed by atoms with E-state index in [0.29, 0.717) is 34.7 Å². The number of halogens is 3. The van der Waals surface area contributed by atoms with Gasteiger partial charge in [0.15, 0.2) is 0 Å². The Morgan fingerprint density at radius 2 is 1.79 bits per heavy atom. The molecule has 0 radical (unpaired) electrons. The summed E-state index contributed by atoms with van der Waals surface area (Å²) < 4.78 is 5.19. The second-order valence-electron chi connectivity index (χ2n) is 6.47. The largest absolute Gasteiger partial charge is 0.394 e. The van der Waals surface area contributed by atoms with Crippen LogP contribution in [0.1, 0.15) is 11.6 Å². The van der Waals surface area contributed by atoms with Crippen molar-refractivity contribution in [2.45, 2.75) is 6.04 Å². The number of benzene rings is 2. The van der Waals surface area contributed by atoms with Gasteiger partial charge in [-0.05, 0) is 35.9 Å². The van der Waals surface area contributed by atoms with E-state index in [9.17, 15) is 4.79 Å². The van der Waals surface area contributed by atoms with Gasteiger partial charge in [-0.15, -0.1) is 0 Å². The minimum absolute atomic E-state index is 0.0460. The van der Waals surface area contributed by atoms with E-state index in [-0.39, 0.29) is 31.8 Å². The van der Waals surface area contributed by atoms with E-state index in [2.05, 4.69) is 4.90 Å². The van der Waals surface area contributed by atoms with Crippen molar-refractivity contribution < 1.29 is 14.6 Å². The highest BCUT2D eigenvalue weighted by atomic mass is 35.5. The molecule has 1 aliphatic rings. The van der Waals surface area contributed by atoms with Crippen LogP contribution in [-0.4, -0.2) is 55.4 Å². The van der Waals surface area contributed by atoms with Gasteiger partial charge in [0.2, 0.25) is 5.91 Å². The number of carbonyl (C=O) groups excluding carboxylic acids is 1. The van der Waals surface area contributed by atoms with Crippen LogP contribution in [0.4, 0.5) is 5.69 Å². The Hall–Kier alpha value is -1.50. The fraction of sp³-hybridized carbons (Fsp3) is 0.350. The summed E-state index contributed by atoms with van der Waals surface area (Å²) in [5.74, 6) is -0.103. The Bertz CT molecular complexity index is 817. The molecule has 0 aromatic heterocycles. The molecule has 1 heterocycles. The number of nitrogens with zero attached hydrogens (tertiary/aromatic N) is 2. The van der Waals surface area contributed by atoms with E-state index in [1.54, 1.807) is 11.0 Å². The Morgan fingerprint density at radius 3 is 2.46 bits per heavy atom. The van der Waals surface area contributed by atoms with Crippen molar-refractivity contribution >= 4 is 46.4 Å². The van der Waals surface area contributed by atoms with Crippen LogP contribution in [0.3, 0.4) is 0 Å². The summed E-state index contributed by atoms with van der Waals surface area (Å²) >= 11 is 18.5. The van der Waals surface area contributed by atoms with Gasteiger partial charge < -0.3 is 19.6 Å². The van der Waals surface area contributed by atoms with E-state index in [1.807, 2.05) is 36.4 Å². The van der Waals surface area contributed by atoms with E-state index in [0.717, 1.165) is 11.3 Å². The molecular weight excluding hydrogens is 423 g/mol. The zero-order valence-electron chi connectivity index (χ0n) is 15.2. The van der Waals surface area contributed by atoms with Gasteiger partial charge >= 0.3 is 0 Å². The third kappa shape index (κ3) is 5.10. The maximum atomic E-state index is 12.5. The summed E-state index contributed by atoms with van der Waals surface area (Å²) in [5, 5.41) is 10.6. The summed E-state index contributed by atoms with van der Waals surface area (Å²) in [6, 6.07) is 12.9. The molecule has 0 aliphatic carbocycles. The SMILES string of the molecule is O=C(COCCO)N1CCN(c2ccc(Cl)cc2Cl)C(c2ccc(Cl)cc2)C1. The predicted octanol–water partition coefficient (Wildman–Crippen LogP) is 4.05. The molecule has 1 amide bonds. The Morgan fingerprint density at radius 1 is 1.07 bits per heavy atom. The minimum atomic E-state index is -0.108. The highest BCUT2D eigenvalue weighted by molar-refractivity contribution is 6.36. The second kappa shape index (κ2) is 9.81. The number of anilines is 1. The summed E-state index contributed by atoms with van der Waals surface area (Å²) in [4.78, 5) is 16.5. The summed E-state index contributed by atoms with van der Waals surface area (Å²) in [6.07, 6.45) is 0. The molecule has 1 atom stereocenters. The van der Waals surface area contributed by atoms with E-state index < -0.39 is 0 Å². The third-order valence-electron chi connectivity index (χ3n) is 4.67. The topological polar surface area (TPSA) is 53.0 Å². The summed E-state index contributed by atoms with van der Waals surface area (Å²) in [6.45, 7) is 1.64. The minimum Gasteiger partial charge on any atom is -0.394 e. The van der Waals surface area contributed by atoms with Crippen LogP contribution in [-0.2, 0) is 9.53 Å². The van der Waals surface area contributed by atoms with Crippen LogP contribution in [0.2, 0.25) is 15.1 Å².